The molecule has 1 unspecified atom stereocenters. The summed E-state index contributed by atoms with van der Waals surface area (Å²) in [5.41, 5.74) is 7.27. The van der Waals surface area contributed by atoms with Crippen molar-refractivity contribution < 1.29 is 4.84 Å². The van der Waals surface area contributed by atoms with Crippen LogP contribution in [0.4, 0.5) is 0 Å². The molecule has 0 radical (unpaired) electrons. The Hall–Kier alpha value is -0.580. The van der Waals surface area contributed by atoms with Crippen molar-refractivity contribution in [3.8, 4) is 0 Å². The minimum Gasteiger partial charge on any atom is -0.390 e. The zero-order valence-electron chi connectivity index (χ0n) is 7.91. The highest BCUT2D eigenvalue weighted by Crippen LogP contribution is 2.25. The summed E-state index contributed by atoms with van der Waals surface area (Å²) < 4.78 is 0.950. The van der Waals surface area contributed by atoms with Crippen molar-refractivity contribution >= 4 is 33.2 Å². The van der Waals surface area contributed by atoms with E-state index in [1.165, 1.54) is 0 Å². The van der Waals surface area contributed by atoms with E-state index in [0.717, 1.165) is 22.2 Å². The molecule has 0 saturated heterocycles. The summed E-state index contributed by atoms with van der Waals surface area (Å²) in [4.78, 5) is 5.15. The highest BCUT2D eigenvalue weighted by Gasteiger charge is 2.22. The van der Waals surface area contributed by atoms with E-state index in [1.54, 1.807) is 0 Å². The number of hydrogen-bond donors (Lipinski definition) is 1. The van der Waals surface area contributed by atoms with E-state index in [4.69, 9.17) is 22.2 Å². The van der Waals surface area contributed by atoms with Crippen LogP contribution in [-0.4, -0.2) is 18.4 Å². The van der Waals surface area contributed by atoms with Gasteiger partial charge in [0, 0.05) is 23.0 Å². The summed E-state index contributed by atoms with van der Waals surface area (Å²) >= 11 is 9.46. The van der Waals surface area contributed by atoms with Crippen LogP contribution in [-0.2, 0) is 4.84 Å². The van der Waals surface area contributed by atoms with Gasteiger partial charge in [-0.15, -0.1) is 0 Å². The monoisotopic (exact) mass is 288 g/mol. The van der Waals surface area contributed by atoms with Crippen molar-refractivity contribution in [1.29, 1.82) is 0 Å². The highest BCUT2D eigenvalue weighted by atomic mass is 79.9. The number of rotatable bonds is 2. The van der Waals surface area contributed by atoms with Crippen molar-refractivity contribution in [3.63, 3.8) is 0 Å². The summed E-state index contributed by atoms with van der Waals surface area (Å²) in [5.74, 6) is 0. The Kier molecular flexibility index (Phi) is 3.29. The molecule has 3 nitrogen and oxygen atoms in total. The molecule has 0 aromatic heterocycles. The molecule has 1 aromatic rings. The molecule has 1 heterocycles. The van der Waals surface area contributed by atoms with Gasteiger partial charge in [0.25, 0.3) is 0 Å². The molecule has 1 aromatic carbocycles. The summed E-state index contributed by atoms with van der Waals surface area (Å²) in [6.07, 6.45) is 0.706. The van der Waals surface area contributed by atoms with Crippen molar-refractivity contribution in [2.75, 3.05) is 6.54 Å². The lowest BCUT2D eigenvalue weighted by Crippen LogP contribution is -2.20. The van der Waals surface area contributed by atoms with E-state index in [1.807, 2.05) is 18.2 Å². The molecule has 15 heavy (non-hydrogen) atoms. The molecule has 0 spiro atoms. The fraction of sp³-hybridized carbons (Fsp3) is 0.300. The smallest absolute Gasteiger partial charge is 0.145 e. The summed E-state index contributed by atoms with van der Waals surface area (Å²) in [6.45, 7) is 0.473. The highest BCUT2D eigenvalue weighted by molar-refractivity contribution is 9.10. The predicted octanol–water partition coefficient (Wildman–Crippen LogP) is 2.55. The van der Waals surface area contributed by atoms with Crippen LogP contribution in [0.5, 0.6) is 0 Å². The number of oxime groups is 1. The number of nitrogens with zero attached hydrogens (tertiary/aromatic N) is 1. The van der Waals surface area contributed by atoms with Crippen LogP contribution in [0.25, 0.3) is 0 Å². The van der Waals surface area contributed by atoms with Gasteiger partial charge in [0.1, 0.15) is 6.10 Å². The zero-order chi connectivity index (χ0) is 10.8. The van der Waals surface area contributed by atoms with Gasteiger partial charge >= 0.3 is 0 Å². The Labute approximate surface area is 101 Å². The molecule has 80 valence electrons. The fourth-order valence-electron chi connectivity index (χ4n) is 1.44. The molecule has 0 fully saturated rings. The third-order valence-electron chi connectivity index (χ3n) is 2.24. The molecule has 2 rings (SSSR count). The van der Waals surface area contributed by atoms with E-state index in [9.17, 15) is 0 Å². The van der Waals surface area contributed by atoms with Gasteiger partial charge in [-0.3, -0.25) is 0 Å². The maximum atomic E-state index is 6.10. The molecule has 0 bridgehead atoms. The van der Waals surface area contributed by atoms with Crippen LogP contribution in [0.2, 0.25) is 5.02 Å². The standard InChI is InChI=1S/C10H10BrClN2O/c11-6-1-2-8(9(12)3-6)10-4-7(5-13)15-14-10/h1-3,7H,4-5,13H2. The first kappa shape index (κ1) is 10.9. The summed E-state index contributed by atoms with van der Waals surface area (Å²) in [7, 11) is 0. The van der Waals surface area contributed by atoms with Gasteiger partial charge in [0.15, 0.2) is 0 Å². The van der Waals surface area contributed by atoms with Crippen molar-refractivity contribution in [3.05, 3.63) is 33.3 Å². The van der Waals surface area contributed by atoms with E-state index in [0.29, 0.717) is 11.6 Å². The van der Waals surface area contributed by atoms with Crippen LogP contribution < -0.4 is 5.73 Å². The average molecular weight is 290 g/mol. The normalized spacial score (nSPS) is 19.9. The van der Waals surface area contributed by atoms with Gasteiger partial charge in [0.05, 0.1) is 10.7 Å². The molecule has 0 amide bonds. The quantitative estimate of drug-likeness (QED) is 0.909. The van der Waals surface area contributed by atoms with Gasteiger partial charge < -0.3 is 10.6 Å². The molecule has 1 aliphatic heterocycles. The van der Waals surface area contributed by atoms with Crippen molar-refractivity contribution in [1.82, 2.24) is 0 Å². The van der Waals surface area contributed by atoms with Crippen molar-refractivity contribution in [2.45, 2.75) is 12.5 Å². The minimum absolute atomic E-state index is 0.0142. The van der Waals surface area contributed by atoms with Crippen LogP contribution in [0.3, 0.4) is 0 Å². The first-order valence-electron chi connectivity index (χ1n) is 4.59. The van der Waals surface area contributed by atoms with Gasteiger partial charge in [-0.2, -0.15) is 0 Å². The lowest BCUT2D eigenvalue weighted by Gasteiger charge is -2.04. The van der Waals surface area contributed by atoms with E-state index < -0.39 is 0 Å². The summed E-state index contributed by atoms with van der Waals surface area (Å²) in [5, 5.41) is 4.66. The van der Waals surface area contributed by atoms with E-state index in [-0.39, 0.29) is 6.10 Å². The Morgan fingerprint density at radius 1 is 1.60 bits per heavy atom. The second-order valence-corrected chi connectivity index (χ2v) is 4.65. The fourth-order valence-corrected chi connectivity index (χ4v) is 2.22. The van der Waals surface area contributed by atoms with Crippen LogP contribution in [0.15, 0.2) is 27.8 Å². The molecular formula is C10H10BrClN2O. The number of nitrogens with two attached hydrogens (primary N) is 1. The second-order valence-electron chi connectivity index (χ2n) is 3.33. The zero-order valence-corrected chi connectivity index (χ0v) is 10.3. The second kappa shape index (κ2) is 4.51. The van der Waals surface area contributed by atoms with Gasteiger partial charge in [-0.1, -0.05) is 38.8 Å². The predicted molar refractivity (Wildman–Crippen MR) is 64.2 cm³/mol. The largest absolute Gasteiger partial charge is 0.390 e. The Morgan fingerprint density at radius 3 is 3.00 bits per heavy atom. The molecule has 0 saturated carbocycles. The lowest BCUT2D eigenvalue weighted by atomic mass is 10.1. The minimum atomic E-state index is -0.0142. The third kappa shape index (κ3) is 2.33. The molecule has 1 atom stereocenters. The van der Waals surface area contributed by atoms with Crippen LogP contribution in [0, 0.1) is 0 Å². The third-order valence-corrected chi connectivity index (χ3v) is 3.04. The Bertz CT molecular complexity index is 408. The van der Waals surface area contributed by atoms with Gasteiger partial charge in [0.2, 0.25) is 0 Å². The average Bonchev–Trinajstić information content (AvgIpc) is 2.66. The molecular weight excluding hydrogens is 279 g/mol. The van der Waals surface area contributed by atoms with Gasteiger partial charge in [-0.25, -0.2) is 0 Å². The van der Waals surface area contributed by atoms with Gasteiger partial charge in [-0.05, 0) is 12.1 Å². The topological polar surface area (TPSA) is 47.6 Å². The van der Waals surface area contributed by atoms with Crippen LogP contribution in [0.1, 0.15) is 12.0 Å². The summed E-state index contributed by atoms with van der Waals surface area (Å²) in [6, 6.07) is 5.70. The Balaban J connectivity index is 2.24. The van der Waals surface area contributed by atoms with E-state index in [2.05, 4.69) is 21.1 Å². The lowest BCUT2D eigenvalue weighted by molar-refractivity contribution is 0.0918. The number of halogens is 2. The number of hydrogen-bond acceptors (Lipinski definition) is 3. The molecule has 5 heteroatoms. The Morgan fingerprint density at radius 2 is 2.40 bits per heavy atom. The maximum Gasteiger partial charge on any atom is 0.145 e. The van der Waals surface area contributed by atoms with Crippen molar-refractivity contribution in [2.24, 2.45) is 10.9 Å². The molecule has 0 aliphatic carbocycles. The maximum absolute atomic E-state index is 6.10. The SMILES string of the molecule is NCC1CC(c2ccc(Br)cc2Cl)=NO1. The molecule has 2 N–H and O–H groups in total. The first-order chi connectivity index (χ1) is 7.20. The van der Waals surface area contributed by atoms with Crippen LogP contribution >= 0.6 is 27.5 Å². The molecule has 1 aliphatic rings. The van der Waals surface area contributed by atoms with E-state index >= 15 is 0 Å². The number of benzene rings is 1. The first-order valence-corrected chi connectivity index (χ1v) is 5.76.